The van der Waals surface area contributed by atoms with Gasteiger partial charge < -0.3 is 15.0 Å². The number of amides is 1. The van der Waals surface area contributed by atoms with Gasteiger partial charge in [0, 0.05) is 29.9 Å². The number of fused-ring (bicyclic) bond motifs is 1. The van der Waals surface area contributed by atoms with Gasteiger partial charge in [0.2, 0.25) is 5.91 Å². The van der Waals surface area contributed by atoms with E-state index in [0.29, 0.717) is 6.61 Å². The van der Waals surface area contributed by atoms with E-state index in [9.17, 15) is 10.1 Å². The second-order valence-electron chi connectivity index (χ2n) is 7.26. The zero-order chi connectivity index (χ0) is 20.3. The first-order valence-electron chi connectivity index (χ1n) is 9.83. The Balaban J connectivity index is 1.92. The van der Waals surface area contributed by atoms with Gasteiger partial charge in [-0.05, 0) is 43.2 Å². The molecule has 0 aromatic heterocycles. The fraction of sp³-hybridized carbons (Fsp3) is 0.391. The van der Waals surface area contributed by atoms with Gasteiger partial charge in [-0.25, -0.2) is 0 Å². The lowest BCUT2D eigenvalue weighted by atomic mass is 9.91. The van der Waals surface area contributed by atoms with Crippen LogP contribution in [0.5, 0.6) is 5.75 Å². The van der Waals surface area contributed by atoms with Gasteiger partial charge in [0.05, 0.1) is 24.6 Å². The molecular formula is C23H27N3O2. The van der Waals surface area contributed by atoms with Crippen LogP contribution in [0.25, 0.3) is 0 Å². The van der Waals surface area contributed by atoms with Crippen molar-refractivity contribution in [1.29, 1.82) is 5.26 Å². The van der Waals surface area contributed by atoms with E-state index in [4.69, 9.17) is 4.74 Å². The number of anilines is 2. The van der Waals surface area contributed by atoms with Crippen LogP contribution in [-0.4, -0.2) is 19.1 Å². The molecule has 5 nitrogen and oxygen atoms in total. The number of carbonyl (C=O) groups excluding carboxylic acids is 1. The normalized spacial score (nSPS) is 17.9. The van der Waals surface area contributed by atoms with E-state index in [0.717, 1.165) is 34.8 Å². The Labute approximate surface area is 166 Å². The minimum atomic E-state index is -0.248. The van der Waals surface area contributed by atoms with Gasteiger partial charge in [-0.15, -0.1) is 0 Å². The summed E-state index contributed by atoms with van der Waals surface area (Å²) in [6.45, 7) is 9.20. The number of benzene rings is 2. The Hall–Kier alpha value is -3.00. The minimum Gasteiger partial charge on any atom is -0.494 e. The van der Waals surface area contributed by atoms with E-state index >= 15 is 0 Å². The molecule has 1 N–H and O–H groups in total. The van der Waals surface area contributed by atoms with Crippen LogP contribution in [-0.2, 0) is 4.79 Å². The van der Waals surface area contributed by atoms with Crippen LogP contribution in [0.2, 0.25) is 0 Å². The summed E-state index contributed by atoms with van der Waals surface area (Å²) in [5.41, 5.74) is 3.93. The van der Waals surface area contributed by atoms with E-state index in [1.54, 1.807) is 0 Å². The van der Waals surface area contributed by atoms with E-state index in [1.165, 1.54) is 0 Å². The zero-order valence-corrected chi connectivity index (χ0v) is 16.9. The summed E-state index contributed by atoms with van der Waals surface area (Å²) in [5, 5.41) is 12.8. The molecule has 0 bridgehead atoms. The van der Waals surface area contributed by atoms with Gasteiger partial charge in [-0.2, -0.15) is 5.26 Å². The van der Waals surface area contributed by atoms with Crippen molar-refractivity contribution in [3.05, 3.63) is 53.6 Å². The van der Waals surface area contributed by atoms with Gasteiger partial charge in [0.15, 0.2) is 0 Å². The lowest BCUT2D eigenvalue weighted by Gasteiger charge is -2.28. The van der Waals surface area contributed by atoms with Crippen molar-refractivity contribution < 1.29 is 9.53 Å². The minimum absolute atomic E-state index is 0.00504. The van der Waals surface area contributed by atoms with Crippen molar-refractivity contribution in [3.8, 4) is 11.8 Å². The van der Waals surface area contributed by atoms with Crippen molar-refractivity contribution >= 4 is 17.3 Å². The standard InChI is InChI=1S/C23H27N3O2/c1-5-26-21-13-18(28-6-2)11-12-19(21)20(14-24)22(26)16-7-9-17(10-8-16)25-23(27)15(3)4/h7-13,15,20,22H,5-6H2,1-4H3,(H,25,27). The van der Waals surface area contributed by atoms with Crippen LogP contribution in [0.1, 0.15) is 50.8 Å². The molecular weight excluding hydrogens is 350 g/mol. The van der Waals surface area contributed by atoms with Crippen molar-refractivity contribution in [2.75, 3.05) is 23.4 Å². The summed E-state index contributed by atoms with van der Waals surface area (Å²) in [5.74, 6) is 0.502. The van der Waals surface area contributed by atoms with Gasteiger partial charge in [-0.3, -0.25) is 4.79 Å². The highest BCUT2D eigenvalue weighted by atomic mass is 16.5. The first kappa shape index (κ1) is 19.8. The van der Waals surface area contributed by atoms with Gasteiger partial charge in [0.25, 0.3) is 0 Å². The number of nitrogens with zero attached hydrogens (tertiary/aromatic N) is 2. The molecule has 1 heterocycles. The number of likely N-dealkylation sites (N-methyl/N-ethyl adjacent to an activating group) is 1. The van der Waals surface area contributed by atoms with Gasteiger partial charge >= 0.3 is 0 Å². The molecule has 2 aromatic carbocycles. The van der Waals surface area contributed by atoms with Crippen molar-refractivity contribution in [3.63, 3.8) is 0 Å². The monoisotopic (exact) mass is 377 g/mol. The summed E-state index contributed by atoms with van der Waals surface area (Å²) >= 11 is 0. The Morgan fingerprint density at radius 1 is 1.21 bits per heavy atom. The maximum absolute atomic E-state index is 11.9. The summed E-state index contributed by atoms with van der Waals surface area (Å²) in [4.78, 5) is 14.2. The van der Waals surface area contributed by atoms with Gasteiger partial charge in [-0.1, -0.05) is 32.0 Å². The molecule has 1 amide bonds. The Morgan fingerprint density at radius 2 is 1.93 bits per heavy atom. The molecule has 2 unspecified atom stereocenters. The highest BCUT2D eigenvalue weighted by Gasteiger charge is 2.39. The van der Waals surface area contributed by atoms with Crippen molar-refractivity contribution in [1.82, 2.24) is 0 Å². The molecule has 0 saturated carbocycles. The number of nitrogens with one attached hydrogen (secondary N) is 1. The first-order chi connectivity index (χ1) is 13.5. The molecule has 2 aromatic rings. The summed E-state index contributed by atoms with van der Waals surface area (Å²) in [6.07, 6.45) is 0. The van der Waals surface area contributed by atoms with Crippen LogP contribution in [0.3, 0.4) is 0 Å². The van der Waals surface area contributed by atoms with Crippen LogP contribution in [0.4, 0.5) is 11.4 Å². The second kappa shape index (κ2) is 8.35. The quantitative estimate of drug-likeness (QED) is 0.780. The maximum Gasteiger partial charge on any atom is 0.226 e. The lowest BCUT2D eigenvalue weighted by molar-refractivity contribution is -0.118. The number of rotatable bonds is 6. The third-order valence-corrected chi connectivity index (χ3v) is 5.13. The molecule has 0 fully saturated rings. The highest BCUT2D eigenvalue weighted by Crippen LogP contribution is 2.49. The lowest BCUT2D eigenvalue weighted by Crippen LogP contribution is -2.26. The molecule has 2 atom stereocenters. The topological polar surface area (TPSA) is 65.4 Å². The van der Waals surface area contributed by atoms with E-state index in [-0.39, 0.29) is 23.8 Å². The van der Waals surface area contributed by atoms with Crippen molar-refractivity contribution in [2.24, 2.45) is 5.92 Å². The summed E-state index contributed by atoms with van der Waals surface area (Å²) in [7, 11) is 0. The number of nitriles is 1. The fourth-order valence-corrected chi connectivity index (χ4v) is 3.72. The smallest absolute Gasteiger partial charge is 0.226 e. The average molecular weight is 377 g/mol. The first-order valence-corrected chi connectivity index (χ1v) is 9.83. The molecule has 3 rings (SSSR count). The molecule has 0 spiro atoms. The molecule has 0 radical (unpaired) electrons. The van der Waals surface area contributed by atoms with E-state index < -0.39 is 0 Å². The SMILES string of the molecule is CCOc1ccc2c(c1)N(CC)C(c1ccc(NC(=O)C(C)C)cc1)C2C#N. The van der Waals surface area contributed by atoms with Crippen LogP contribution >= 0.6 is 0 Å². The molecule has 1 aliphatic rings. The molecule has 0 aliphatic carbocycles. The molecule has 146 valence electrons. The fourth-order valence-electron chi connectivity index (χ4n) is 3.72. The predicted molar refractivity (Wildman–Crippen MR) is 112 cm³/mol. The summed E-state index contributed by atoms with van der Waals surface area (Å²) in [6, 6.07) is 16.2. The maximum atomic E-state index is 11.9. The molecule has 0 saturated heterocycles. The van der Waals surface area contributed by atoms with E-state index in [2.05, 4.69) is 23.2 Å². The molecule has 28 heavy (non-hydrogen) atoms. The molecule has 1 aliphatic heterocycles. The Bertz CT molecular complexity index is 884. The number of ether oxygens (including phenoxy) is 1. The zero-order valence-electron chi connectivity index (χ0n) is 16.9. The predicted octanol–water partition coefficient (Wildman–Crippen LogP) is 4.87. The van der Waals surface area contributed by atoms with E-state index in [1.807, 2.05) is 63.2 Å². The van der Waals surface area contributed by atoms with Crippen molar-refractivity contribution in [2.45, 2.75) is 39.7 Å². The average Bonchev–Trinajstić information content (AvgIpc) is 3.01. The Morgan fingerprint density at radius 3 is 2.50 bits per heavy atom. The van der Waals surface area contributed by atoms with Crippen LogP contribution < -0.4 is 15.0 Å². The van der Waals surface area contributed by atoms with Gasteiger partial charge in [0.1, 0.15) is 5.75 Å². The number of carbonyl (C=O) groups is 1. The largest absolute Gasteiger partial charge is 0.494 e. The molecule has 5 heteroatoms. The second-order valence-corrected chi connectivity index (χ2v) is 7.26. The third kappa shape index (κ3) is 3.68. The van der Waals surface area contributed by atoms with Crippen LogP contribution in [0.15, 0.2) is 42.5 Å². The highest BCUT2D eigenvalue weighted by molar-refractivity contribution is 5.92. The third-order valence-electron chi connectivity index (χ3n) is 5.13. The number of hydrogen-bond acceptors (Lipinski definition) is 4. The summed E-state index contributed by atoms with van der Waals surface area (Å²) < 4.78 is 5.66. The van der Waals surface area contributed by atoms with Crippen LogP contribution in [0, 0.1) is 17.2 Å². The Kier molecular flexibility index (Phi) is 5.89. The number of hydrogen-bond donors (Lipinski definition) is 1.